The minimum absolute atomic E-state index is 0.0434. The third kappa shape index (κ3) is 4.06. The number of nitrogens with two attached hydrogens (primary N) is 1. The average Bonchev–Trinajstić information content (AvgIpc) is 3.74. The summed E-state index contributed by atoms with van der Waals surface area (Å²) in [5, 5.41) is 14.6. The maximum Gasteiger partial charge on any atom is 0.319 e. The highest BCUT2D eigenvalue weighted by Gasteiger charge is 2.50. The predicted molar refractivity (Wildman–Crippen MR) is 168 cm³/mol. The van der Waals surface area contributed by atoms with E-state index in [1.54, 1.807) is 0 Å². The number of halogens is 3. The number of nitriles is 1. The Morgan fingerprint density at radius 3 is 3.04 bits per heavy atom. The Morgan fingerprint density at radius 2 is 2.18 bits per heavy atom. The largest absolute Gasteiger partial charge is 0.489 e. The van der Waals surface area contributed by atoms with Crippen molar-refractivity contribution in [2.45, 2.75) is 74.8 Å². The van der Waals surface area contributed by atoms with E-state index in [4.69, 9.17) is 31.8 Å². The molecule has 0 amide bonds. The van der Waals surface area contributed by atoms with E-state index in [1.165, 1.54) is 11.3 Å². The molecule has 1 aromatic carbocycles. The molecule has 5 aliphatic heterocycles. The number of fused-ring (bicyclic) bond motifs is 7. The number of aromatic nitrogens is 2. The van der Waals surface area contributed by atoms with Gasteiger partial charge in [-0.3, -0.25) is 4.90 Å². The third-order valence-corrected chi connectivity index (χ3v) is 12.2. The highest BCUT2D eigenvalue weighted by Crippen LogP contribution is 2.51. The number of hydrogen-bond donors (Lipinski definition) is 2. The van der Waals surface area contributed by atoms with Gasteiger partial charge in [0.25, 0.3) is 0 Å². The number of alkyl halides is 1. The van der Waals surface area contributed by atoms with Crippen molar-refractivity contribution in [1.82, 2.24) is 20.2 Å². The first kappa shape index (κ1) is 28.0. The molecule has 0 unspecified atom stereocenters. The Balaban J connectivity index is 1.23. The van der Waals surface area contributed by atoms with E-state index in [9.17, 15) is 9.65 Å². The molecular formula is C32H32ClF2N7O2S. The van der Waals surface area contributed by atoms with Crippen molar-refractivity contribution in [3.63, 3.8) is 0 Å². The fourth-order valence-electron chi connectivity index (χ4n) is 8.78. The lowest BCUT2D eigenvalue weighted by Gasteiger charge is -2.40. The number of allylic oxidation sites excluding steroid dienone is 1. The molecular weight excluding hydrogens is 620 g/mol. The summed E-state index contributed by atoms with van der Waals surface area (Å²) >= 11 is 8.49. The molecule has 4 saturated heterocycles. The molecule has 2 bridgehead atoms. The summed E-state index contributed by atoms with van der Waals surface area (Å²) in [5.41, 5.74) is 7.50. The molecule has 5 atom stereocenters. The van der Waals surface area contributed by atoms with E-state index < -0.39 is 17.5 Å². The summed E-state index contributed by atoms with van der Waals surface area (Å²) in [6.45, 7) is 2.50. The van der Waals surface area contributed by atoms with Gasteiger partial charge in [-0.25, -0.2) is 8.78 Å². The molecule has 3 N–H and O–H groups in total. The van der Waals surface area contributed by atoms with E-state index in [0.717, 1.165) is 37.1 Å². The number of nitrogens with one attached hydrogen (secondary N) is 1. The van der Waals surface area contributed by atoms with Crippen LogP contribution in [-0.2, 0) is 6.42 Å². The van der Waals surface area contributed by atoms with E-state index in [1.807, 2.05) is 6.08 Å². The molecule has 234 valence electrons. The number of anilines is 2. The summed E-state index contributed by atoms with van der Waals surface area (Å²) in [5.74, 6) is 0.261. The molecule has 0 saturated carbocycles. The number of benzene rings is 1. The van der Waals surface area contributed by atoms with Gasteiger partial charge in [0.1, 0.15) is 41.8 Å². The van der Waals surface area contributed by atoms with Crippen LogP contribution in [0.5, 0.6) is 11.8 Å². The van der Waals surface area contributed by atoms with Crippen LogP contribution in [-0.4, -0.2) is 77.6 Å². The molecule has 1 aliphatic carbocycles. The van der Waals surface area contributed by atoms with Gasteiger partial charge in [0.2, 0.25) is 0 Å². The molecule has 45 heavy (non-hydrogen) atoms. The monoisotopic (exact) mass is 651 g/mol. The minimum atomic E-state index is -0.895. The van der Waals surface area contributed by atoms with Crippen molar-refractivity contribution < 1.29 is 18.3 Å². The molecule has 0 radical (unpaired) electrons. The molecule has 9 nitrogen and oxygen atoms in total. The van der Waals surface area contributed by atoms with Gasteiger partial charge in [0, 0.05) is 47.6 Å². The fourth-order valence-corrected chi connectivity index (χ4v) is 10.2. The molecule has 3 aromatic rings. The van der Waals surface area contributed by atoms with Gasteiger partial charge < -0.3 is 25.4 Å². The van der Waals surface area contributed by atoms with Crippen molar-refractivity contribution in [1.29, 1.82) is 5.26 Å². The van der Waals surface area contributed by atoms with Crippen LogP contribution in [0.15, 0.2) is 6.08 Å². The minimum Gasteiger partial charge on any atom is -0.489 e. The van der Waals surface area contributed by atoms with Crippen molar-refractivity contribution in [2.75, 3.05) is 43.5 Å². The number of ether oxygens (including phenoxy) is 2. The molecule has 6 aliphatic rings. The molecule has 13 heteroatoms. The second-order valence-electron chi connectivity index (χ2n) is 13.2. The van der Waals surface area contributed by atoms with Crippen molar-refractivity contribution in [2.24, 2.45) is 0 Å². The van der Waals surface area contributed by atoms with E-state index in [0.29, 0.717) is 77.6 Å². The molecule has 0 spiro atoms. The number of piperazine rings is 1. The fraction of sp³-hybridized carbons (Fsp3) is 0.531. The van der Waals surface area contributed by atoms with Crippen LogP contribution < -0.4 is 25.4 Å². The van der Waals surface area contributed by atoms with Gasteiger partial charge >= 0.3 is 6.01 Å². The molecule has 2 aromatic heterocycles. The van der Waals surface area contributed by atoms with Crippen LogP contribution in [0.1, 0.15) is 60.1 Å². The summed E-state index contributed by atoms with van der Waals surface area (Å²) in [6.07, 6.45) is 6.66. The van der Waals surface area contributed by atoms with Gasteiger partial charge in [-0.1, -0.05) is 17.7 Å². The first-order valence-corrected chi connectivity index (χ1v) is 17.0. The first-order chi connectivity index (χ1) is 21.8. The van der Waals surface area contributed by atoms with Crippen molar-refractivity contribution in [3.05, 3.63) is 38.5 Å². The second kappa shape index (κ2) is 10.1. The number of thiophene rings is 1. The molecule has 7 heterocycles. The smallest absolute Gasteiger partial charge is 0.319 e. The van der Waals surface area contributed by atoms with Crippen LogP contribution in [0.4, 0.5) is 19.6 Å². The highest BCUT2D eigenvalue weighted by atomic mass is 35.5. The Labute approximate surface area is 267 Å². The van der Waals surface area contributed by atoms with E-state index >= 15 is 4.39 Å². The summed E-state index contributed by atoms with van der Waals surface area (Å²) in [7, 11) is 0. The normalized spacial score (nSPS) is 29.9. The van der Waals surface area contributed by atoms with Gasteiger partial charge in [-0.2, -0.15) is 15.2 Å². The zero-order valence-corrected chi connectivity index (χ0v) is 26.1. The SMILES string of the molecule is N#Cc1c(N)sc2c1C(c1c(Cl)c3c4c(nc(OC[C@@]56CCCN5C[C@H](F)C6)nc4c1F)N1C[C@H]4CC[C@H](N4)[C@H]1CO3)=CCC2. The quantitative estimate of drug-likeness (QED) is 0.404. The van der Waals surface area contributed by atoms with Crippen molar-refractivity contribution in [3.8, 4) is 17.8 Å². The number of nitrogens with zero attached hydrogens (tertiary/aromatic N) is 5. The van der Waals surface area contributed by atoms with Gasteiger partial charge in [0.05, 0.1) is 27.6 Å². The maximum atomic E-state index is 17.2. The molecule has 4 fully saturated rings. The zero-order valence-electron chi connectivity index (χ0n) is 24.5. The number of rotatable bonds is 4. The summed E-state index contributed by atoms with van der Waals surface area (Å²) in [4.78, 5) is 14.9. The standard InChI is InChI=1S/C32H32ClF2N7O2S/c33-25-23(17-3-1-4-21-22(17)18(10-36)29(37)45-21)26(35)27-24-28(25)43-13-20-19-6-5-16(38-19)12-42(20)30(24)40-31(39-27)44-14-32-7-2-8-41(32)11-15(34)9-32/h3,15-16,19-20,38H,1-2,4-9,11-14,37H2/t15-,16-,19+,20-,32+/m1/s1. The van der Waals surface area contributed by atoms with Crippen LogP contribution in [0.25, 0.3) is 16.5 Å². The third-order valence-electron chi connectivity index (χ3n) is 10.8. The van der Waals surface area contributed by atoms with Gasteiger partial charge in [-0.15, -0.1) is 11.3 Å². The van der Waals surface area contributed by atoms with Gasteiger partial charge in [-0.05, 0) is 50.6 Å². The summed E-state index contributed by atoms with van der Waals surface area (Å²) in [6, 6.07) is 2.71. The predicted octanol–water partition coefficient (Wildman–Crippen LogP) is 4.97. The summed E-state index contributed by atoms with van der Waals surface area (Å²) < 4.78 is 44.5. The highest BCUT2D eigenvalue weighted by molar-refractivity contribution is 7.16. The van der Waals surface area contributed by atoms with Gasteiger partial charge in [0.15, 0.2) is 11.6 Å². The lowest BCUT2D eigenvalue weighted by molar-refractivity contribution is 0.107. The zero-order chi connectivity index (χ0) is 30.6. The topological polar surface area (TPSA) is 113 Å². The van der Waals surface area contributed by atoms with Crippen LogP contribution >= 0.6 is 22.9 Å². The van der Waals surface area contributed by atoms with Crippen molar-refractivity contribution >= 4 is 50.2 Å². The number of aryl methyl sites for hydroxylation is 1. The van der Waals surface area contributed by atoms with Crippen LogP contribution in [0.3, 0.4) is 0 Å². The number of nitrogen functional groups attached to an aromatic ring is 1. The molecule has 9 rings (SSSR count). The van der Waals surface area contributed by atoms with Crippen LogP contribution in [0, 0.1) is 17.1 Å². The average molecular weight is 652 g/mol. The number of hydrogen-bond acceptors (Lipinski definition) is 10. The van der Waals surface area contributed by atoms with E-state index in [2.05, 4.69) is 26.2 Å². The Hall–Kier alpha value is -3.24. The Morgan fingerprint density at radius 1 is 1.29 bits per heavy atom. The second-order valence-corrected chi connectivity index (χ2v) is 14.8. The lowest BCUT2D eigenvalue weighted by Crippen LogP contribution is -2.60. The lowest BCUT2D eigenvalue weighted by atomic mass is 9.88. The van der Waals surface area contributed by atoms with Crippen LogP contribution in [0.2, 0.25) is 5.02 Å². The maximum absolute atomic E-state index is 17.2. The first-order valence-electron chi connectivity index (χ1n) is 15.8. The van der Waals surface area contributed by atoms with E-state index in [-0.39, 0.29) is 46.8 Å². The Kier molecular flexibility index (Phi) is 6.31. The Bertz CT molecular complexity index is 1840.